The van der Waals surface area contributed by atoms with Gasteiger partial charge in [-0.15, -0.1) is 11.3 Å². The maximum Gasteiger partial charge on any atom is 0.354 e. The molecule has 0 saturated heterocycles. The van der Waals surface area contributed by atoms with Gasteiger partial charge in [0.05, 0.1) is 18.0 Å². The summed E-state index contributed by atoms with van der Waals surface area (Å²) in [5.41, 5.74) is 2.19. The minimum absolute atomic E-state index is 0.0525. The van der Waals surface area contributed by atoms with E-state index in [1.165, 1.54) is 24.9 Å². The Morgan fingerprint density at radius 2 is 1.87 bits per heavy atom. The summed E-state index contributed by atoms with van der Waals surface area (Å²) >= 11 is 1.40. The number of hydrogen-bond donors (Lipinski definition) is 0. The molecule has 2 aromatic heterocycles. The normalized spacial score (nSPS) is 15.6. The molecule has 1 aliphatic carbocycles. The Morgan fingerprint density at radius 3 is 2.43 bits per heavy atom. The van der Waals surface area contributed by atoms with Crippen LogP contribution in [0.15, 0.2) is 17.5 Å². The van der Waals surface area contributed by atoms with Crippen molar-refractivity contribution in [3.8, 4) is 0 Å². The van der Waals surface area contributed by atoms with Gasteiger partial charge in [-0.05, 0) is 50.6 Å². The zero-order chi connectivity index (χ0) is 22.0. The first-order chi connectivity index (χ1) is 14.3. The maximum absolute atomic E-state index is 13.7. The van der Waals surface area contributed by atoms with Crippen LogP contribution in [0.25, 0.3) is 0 Å². The number of hydrogen-bond acceptors (Lipinski definition) is 5. The van der Waals surface area contributed by atoms with Gasteiger partial charge >= 0.3 is 5.97 Å². The molecule has 0 aliphatic heterocycles. The smallest absolute Gasteiger partial charge is 0.354 e. The summed E-state index contributed by atoms with van der Waals surface area (Å²) in [6.07, 6.45) is 5.12. The molecule has 7 heteroatoms. The molecule has 0 spiro atoms. The van der Waals surface area contributed by atoms with E-state index in [2.05, 4.69) is 0 Å². The van der Waals surface area contributed by atoms with Crippen molar-refractivity contribution in [2.45, 2.75) is 65.0 Å². The van der Waals surface area contributed by atoms with Gasteiger partial charge < -0.3 is 14.2 Å². The van der Waals surface area contributed by atoms with E-state index in [9.17, 15) is 14.4 Å². The van der Waals surface area contributed by atoms with Crippen LogP contribution < -0.4 is 0 Å². The molecule has 6 nitrogen and oxygen atoms in total. The molecular weight excluding hydrogens is 400 g/mol. The summed E-state index contributed by atoms with van der Waals surface area (Å²) in [7, 11) is 3.09. The van der Waals surface area contributed by atoms with Crippen LogP contribution in [-0.4, -0.2) is 46.3 Å². The van der Waals surface area contributed by atoms with E-state index in [1.807, 2.05) is 31.4 Å². The fourth-order valence-corrected chi connectivity index (χ4v) is 5.27. The van der Waals surface area contributed by atoms with Crippen LogP contribution in [0.5, 0.6) is 0 Å². The van der Waals surface area contributed by atoms with E-state index >= 15 is 0 Å². The molecule has 1 aliphatic rings. The van der Waals surface area contributed by atoms with E-state index in [-0.39, 0.29) is 17.7 Å². The lowest BCUT2D eigenvalue weighted by Gasteiger charge is -2.38. The summed E-state index contributed by atoms with van der Waals surface area (Å²) in [6, 6.07) is 3.11. The van der Waals surface area contributed by atoms with Crippen molar-refractivity contribution < 1.29 is 19.1 Å². The summed E-state index contributed by atoms with van der Waals surface area (Å²) in [5, 5.41) is 1.88. The third-order valence-corrected chi connectivity index (χ3v) is 7.14. The van der Waals surface area contributed by atoms with Crippen LogP contribution in [0.1, 0.15) is 80.8 Å². The lowest BCUT2D eigenvalue weighted by atomic mass is 9.91. The fraction of sp³-hybridized carbons (Fsp3) is 0.522. The zero-order valence-electron chi connectivity index (χ0n) is 18.4. The fourth-order valence-electron chi connectivity index (χ4n) is 4.61. The van der Waals surface area contributed by atoms with Crippen molar-refractivity contribution >= 4 is 29.0 Å². The number of carbonyl (C=O) groups is 3. The largest absolute Gasteiger partial charge is 0.464 e. The number of carbonyl (C=O) groups excluding carboxylic acids is 3. The Bertz CT molecular complexity index is 939. The van der Waals surface area contributed by atoms with Crippen LogP contribution in [0.4, 0.5) is 0 Å². The van der Waals surface area contributed by atoms with Gasteiger partial charge in [0.2, 0.25) is 0 Å². The number of rotatable bonds is 6. The first kappa shape index (κ1) is 22.3. The first-order valence-electron chi connectivity index (χ1n) is 10.4. The summed E-state index contributed by atoms with van der Waals surface area (Å²) in [4.78, 5) is 41.7. The molecule has 1 saturated carbocycles. The molecular formula is C23H30N2O4S. The van der Waals surface area contributed by atoms with Crippen molar-refractivity contribution in [2.24, 2.45) is 7.05 Å². The van der Waals surface area contributed by atoms with Gasteiger partial charge in [-0.3, -0.25) is 9.59 Å². The minimum atomic E-state index is -0.618. The molecule has 0 aromatic carbocycles. The predicted molar refractivity (Wildman–Crippen MR) is 117 cm³/mol. The van der Waals surface area contributed by atoms with Gasteiger partial charge in [0.25, 0.3) is 5.91 Å². The van der Waals surface area contributed by atoms with E-state index < -0.39 is 12.0 Å². The highest BCUT2D eigenvalue weighted by atomic mass is 32.1. The predicted octanol–water partition coefficient (Wildman–Crippen LogP) is 4.54. The summed E-state index contributed by atoms with van der Waals surface area (Å²) in [6.45, 7) is 5.41. The number of esters is 1. The van der Waals surface area contributed by atoms with E-state index in [4.69, 9.17) is 4.74 Å². The summed E-state index contributed by atoms with van der Waals surface area (Å²) < 4.78 is 6.60. The average molecular weight is 431 g/mol. The van der Waals surface area contributed by atoms with Crippen molar-refractivity contribution in [3.63, 3.8) is 0 Å². The molecule has 0 bridgehead atoms. The van der Waals surface area contributed by atoms with Crippen LogP contribution in [0, 0.1) is 13.8 Å². The number of methoxy groups -OCH3 is 1. The van der Waals surface area contributed by atoms with E-state index in [0.29, 0.717) is 27.4 Å². The Hall–Kier alpha value is -2.41. The molecule has 3 rings (SSSR count). The molecule has 2 heterocycles. The second-order valence-electron chi connectivity index (χ2n) is 8.01. The number of nitrogens with zero attached hydrogens (tertiary/aromatic N) is 2. The maximum atomic E-state index is 13.7. The van der Waals surface area contributed by atoms with Crippen molar-refractivity contribution in [1.29, 1.82) is 0 Å². The van der Waals surface area contributed by atoms with E-state index in [1.54, 1.807) is 23.4 Å². The van der Waals surface area contributed by atoms with Crippen molar-refractivity contribution in [2.75, 3.05) is 7.11 Å². The highest BCUT2D eigenvalue weighted by Crippen LogP contribution is 2.30. The lowest BCUT2D eigenvalue weighted by Crippen LogP contribution is -2.50. The third kappa shape index (κ3) is 3.95. The number of thiophene rings is 1. The second kappa shape index (κ2) is 9.16. The number of aromatic nitrogens is 1. The Labute approximate surface area is 181 Å². The number of ether oxygens (including phenoxy) is 1. The van der Waals surface area contributed by atoms with Gasteiger partial charge in [0.15, 0.2) is 5.78 Å². The molecule has 162 valence electrons. The number of ketones is 1. The van der Waals surface area contributed by atoms with Crippen molar-refractivity contribution in [3.05, 3.63) is 44.9 Å². The SMILES string of the molecule is COC(=O)c1c(C)c(C(=O)C(C)N(C(=O)c2cccs2)C2CCCCC2)c(C)n1C. The Balaban J connectivity index is 2.00. The molecule has 0 radical (unpaired) electrons. The van der Waals surface area contributed by atoms with Gasteiger partial charge in [-0.2, -0.15) is 0 Å². The second-order valence-corrected chi connectivity index (χ2v) is 8.95. The highest BCUT2D eigenvalue weighted by Gasteiger charge is 2.36. The summed E-state index contributed by atoms with van der Waals surface area (Å²) in [5.74, 6) is -0.688. The van der Waals surface area contributed by atoms with Gasteiger partial charge in [-0.1, -0.05) is 25.3 Å². The Morgan fingerprint density at radius 1 is 1.20 bits per heavy atom. The minimum Gasteiger partial charge on any atom is -0.464 e. The topological polar surface area (TPSA) is 68.6 Å². The molecule has 1 amide bonds. The zero-order valence-corrected chi connectivity index (χ0v) is 19.2. The monoisotopic (exact) mass is 430 g/mol. The standard InChI is InChI=1S/C23H30N2O4S/c1-14-19(15(2)24(4)20(14)23(28)29-5)21(26)16(3)25(17-10-7-6-8-11-17)22(27)18-12-9-13-30-18/h9,12-13,16-17H,6-8,10-11H2,1-5H3. The molecule has 1 unspecified atom stereocenters. The van der Waals surface area contributed by atoms with Gasteiger partial charge in [0, 0.05) is 24.3 Å². The number of Topliss-reactive ketones (excluding diaryl/α,β-unsaturated/α-hetero) is 1. The molecule has 1 atom stereocenters. The Kier molecular flexibility index (Phi) is 6.81. The molecule has 2 aromatic rings. The molecule has 30 heavy (non-hydrogen) atoms. The quantitative estimate of drug-likeness (QED) is 0.498. The highest BCUT2D eigenvalue weighted by molar-refractivity contribution is 7.12. The number of amides is 1. The van der Waals surface area contributed by atoms with Crippen LogP contribution in [0.2, 0.25) is 0 Å². The molecule has 1 fully saturated rings. The van der Waals surface area contributed by atoms with Crippen LogP contribution in [-0.2, 0) is 11.8 Å². The van der Waals surface area contributed by atoms with Crippen LogP contribution in [0.3, 0.4) is 0 Å². The third-order valence-electron chi connectivity index (χ3n) is 6.29. The van der Waals surface area contributed by atoms with Gasteiger partial charge in [-0.25, -0.2) is 4.79 Å². The average Bonchev–Trinajstić information content (AvgIpc) is 3.35. The van der Waals surface area contributed by atoms with E-state index in [0.717, 1.165) is 25.7 Å². The van der Waals surface area contributed by atoms with Gasteiger partial charge in [0.1, 0.15) is 5.69 Å². The lowest BCUT2D eigenvalue weighted by molar-refractivity contribution is 0.0490. The van der Waals surface area contributed by atoms with Crippen molar-refractivity contribution in [1.82, 2.24) is 9.47 Å². The molecule has 0 N–H and O–H groups in total. The first-order valence-corrected chi connectivity index (χ1v) is 11.3. The van der Waals surface area contributed by atoms with Crippen LogP contribution >= 0.6 is 11.3 Å².